The zero-order valence-corrected chi connectivity index (χ0v) is 16.3. The molecule has 0 aliphatic carbocycles. The molecule has 22 heavy (non-hydrogen) atoms. The molecule has 0 bridgehead atoms. The van der Waals surface area contributed by atoms with Crippen molar-refractivity contribution in [2.24, 2.45) is 0 Å². The van der Waals surface area contributed by atoms with Crippen LogP contribution >= 0.6 is 0 Å². The molecule has 0 aromatic carbocycles. The first-order valence-corrected chi connectivity index (χ1v) is 10.9. The summed E-state index contributed by atoms with van der Waals surface area (Å²) < 4.78 is 33.1. The summed E-state index contributed by atoms with van der Waals surface area (Å²) in [6.07, 6.45) is 4.56. The van der Waals surface area contributed by atoms with E-state index in [1.54, 1.807) is 42.7 Å². The molecular weight excluding hydrogens is 324 g/mol. The van der Waals surface area contributed by atoms with Crippen LogP contribution in [0.4, 0.5) is 0 Å². The van der Waals surface area contributed by atoms with Crippen molar-refractivity contribution in [3.63, 3.8) is 0 Å². The highest BCUT2D eigenvalue weighted by atomic mass is 28.4. The van der Waals surface area contributed by atoms with Crippen LogP contribution in [0.5, 0.6) is 0 Å². The first-order valence-electron chi connectivity index (χ1n) is 7.01. The van der Waals surface area contributed by atoms with Gasteiger partial charge in [0.05, 0.1) is 18.4 Å². The molecule has 1 heterocycles. The van der Waals surface area contributed by atoms with E-state index < -0.39 is 17.6 Å². The van der Waals surface area contributed by atoms with Gasteiger partial charge in [-0.3, -0.25) is 5.32 Å². The molecule has 0 aromatic rings. The maximum Gasteiger partial charge on any atom is 0.520 e. The number of hydrogen-bond donors (Lipinski definition) is 1. The van der Waals surface area contributed by atoms with Crippen LogP contribution in [0.15, 0.2) is 12.3 Å². The van der Waals surface area contributed by atoms with Gasteiger partial charge in [0.15, 0.2) is 0 Å². The van der Waals surface area contributed by atoms with Gasteiger partial charge in [-0.2, -0.15) is 0 Å². The maximum absolute atomic E-state index is 5.52. The molecule has 10 heteroatoms. The summed E-state index contributed by atoms with van der Waals surface area (Å²) in [5, 5.41) is 3.41. The number of hydrogen-bond acceptors (Lipinski definition) is 8. The minimum absolute atomic E-state index is 0.0103. The largest absolute Gasteiger partial charge is 0.520 e. The quantitative estimate of drug-likeness (QED) is 0.552. The topological polar surface area (TPSA) is 70.7 Å². The van der Waals surface area contributed by atoms with Crippen LogP contribution in [0, 0.1) is 0 Å². The zero-order valence-electron chi connectivity index (χ0n) is 14.3. The van der Waals surface area contributed by atoms with Crippen LogP contribution in [0.3, 0.4) is 0 Å². The molecule has 0 spiro atoms. The molecular formula is C12H28N2O6Si2. The van der Waals surface area contributed by atoms with Crippen LogP contribution in [-0.2, 0) is 26.6 Å². The van der Waals surface area contributed by atoms with Gasteiger partial charge in [0.1, 0.15) is 0 Å². The summed E-state index contributed by atoms with van der Waals surface area (Å²) in [5.41, 5.74) is 0. The molecule has 8 nitrogen and oxygen atoms in total. The summed E-state index contributed by atoms with van der Waals surface area (Å²) in [4.78, 5) is 2.09. The van der Waals surface area contributed by atoms with Gasteiger partial charge in [-0.05, 0) is 6.20 Å². The van der Waals surface area contributed by atoms with E-state index in [0.717, 1.165) is 6.54 Å². The van der Waals surface area contributed by atoms with E-state index in [0.29, 0.717) is 12.2 Å². The lowest BCUT2D eigenvalue weighted by atomic mass is 10.4. The lowest BCUT2D eigenvalue weighted by Gasteiger charge is -2.40. The van der Waals surface area contributed by atoms with Gasteiger partial charge in [0, 0.05) is 49.2 Å². The Bertz CT molecular complexity index is 336. The summed E-state index contributed by atoms with van der Waals surface area (Å²) in [6.45, 7) is 0.768. The number of rotatable bonds is 10. The molecule has 0 saturated carbocycles. The maximum atomic E-state index is 5.52. The van der Waals surface area contributed by atoms with Crippen molar-refractivity contribution in [2.75, 3.05) is 55.4 Å². The Balaban J connectivity index is 2.87. The Morgan fingerprint density at radius 1 is 0.909 bits per heavy atom. The standard InChI is InChI=1S/C12H28N2O6Si2/c1-15-21(16-2,17-3)10-12-13-8-7-9-14(12)11-22(18-4,19-5)20-6/h7,9,12-13H,8,10-11H2,1-6H3. The fraction of sp³-hybridized carbons (Fsp3) is 0.833. The molecule has 0 fully saturated rings. The van der Waals surface area contributed by atoms with Crippen molar-refractivity contribution < 1.29 is 26.6 Å². The molecule has 0 radical (unpaired) electrons. The minimum atomic E-state index is -2.72. The van der Waals surface area contributed by atoms with E-state index >= 15 is 0 Å². The Kier molecular flexibility index (Phi) is 8.17. The average Bonchev–Trinajstić information content (AvgIpc) is 2.59. The zero-order chi connectivity index (χ0) is 16.6. The van der Waals surface area contributed by atoms with Crippen molar-refractivity contribution >= 4 is 17.6 Å². The van der Waals surface area contributed by atoms with Gasteiger partial charge in [0.25, 0.3) is 0 Å². The normalized spacial score (nSPS) is 19.7. The summed E-state index contributed by atoms with van der Waals surface area (Å²) in [6, 6.07) is 0.600. The lowest BCUT2D eigenvalue weighted by Crippen LogP contribution is -2.60. The van der Waals surface area contributed by atoms with Crippen molar-refractivity contribution in [2.45, 2.75) is 12.2 Å². The molecule has 1 aliphatic rings. The van der Waals surface area contributed by atoms with E-state index in [4.69, 9.17) is 26.6 Å². The first kappa shape index (κ1) is 19.7. The summed E-state index contributed by atoms with van der Waals surface area (Å²) in [5.74, 6) is 0. The van der Waals surface area contributed by atoms with Gasteiger partial charge < -0.3 is 31.5 Å². The molecule has 0 aromatic heterocycles. The van der Waals surface area contributed by atoms with Crippen molar-refractivity contribution in [3.8, 4) is 0 Å². The van der Waals surface area contributed by atoms with Gasteiger partial charge in [-0.25, -0.2) is 0 Å². The third-order valence-corrected chi connectivity index (χ3v) is 9.23. The molecule has 0 saturated heterocycles. The Morgan fingerprint density at radius 2 is 1.41 bits per heavy atom. The predicted octanol–water partition coefficient (Wildman–Crippen LogP) is 0.0268. The highest BCUT2D eigenvalue weighted by molar-refractivity contribution is 6.61. The molecule has 1 rings (SSSR count). The van der Waals surface area contributed by atoms with Crippen LogP contribution in [0.25, 0.3) is 0 Å². The van der Waals surface area contributed by atoms with E-state index in [1.807, 2.05) is 12.3 Å². The molecule has 1 aliphatic heterocycles. The van der Waals surface area contributed by atoms with Crippen LogP contribution in [0.2, 0.25) is 6.04 Å². The van der Waals surface area contributed by atoms with Gasteiger partial charge in [0.2, 0.25) is 0 Å². The van der Waals surface area contributed by atoms with Crippen molar-refractivity contribution in [3.05, 3.63) is 12.3 Å². The fourth-order valence-electron chi connectivity index (χ4n) is 2.37. The number of nitrogens with one attached hydrogen (secondary N) is 1. The van der Waals surface area contributed by atoms with E-state index in [9.17, 15) is 0 Å². The Labute approximate surface area is 135 Å². The monoisotopic (exact) mass is 352 g/mol. The van der Waals surface area contributed by atoms with Crippen molar-refractivity contribution in [1.29, 1.82) is 0 Å². The summed E-state index contributed by atoms with van der Waals surface area (Å²) >= 11 is 0. The van der Waals surface area contributed by atoms with Crippen LogP contribution in [0.1, 0.15) is 0 Å². The van der Waals surface area contributed by atoms with Gasteiger partial charge >= 0.3 is 17.6 Å². The van der Waals surface area contributed by atoms with E-state index in [-0.39, 0.29) is 6.17 Å². The molecule has 1 unspecified atom stereocenters. The Morgan fingerprint density at radius 3 is 1.86 bits per heavy atom. The van der Waals surface area contributed by atoms with Crippen LogP contribution in [-0.4, -0.2) is 84.0 Å². The highest BCUT2D eigenvalue weighted by Crippen LogP contribution is 2.21. The molecule has 130 valence electrons. The first-order chi connectivity index (χ1) is 10.5. The lowest BCUT2D eigenvalue weighted by molar-refractivity contribution is 0.0883. The molecule has 1 N–H and O–H groups in total. The smallest absolute Gasteiger partial charge is 0.377 e. The number of nitrogens with zero attached hydrogens (tertiary/aromatic N) is 1. The summed E-state index contributed by atoms with van der Waals surface area (Å²) in [7, 11) is 4.23. The molecule has 1 atom stereocenters. The fourth-order valence-corrected chi connectivity index (χ4v) is 5.88. The predicted molar refractivity (Wildman–Crippen MR) is 86.0 cm³/mol. The van der Waals surface area contributed by atoms with E-state index in [1.165, 1.54) is 0 Å². The average molecular weight is 353 g/mol. The second-order valence-electron chi connectivity index (χ2n) is 4.78. The molecule has 0 amide bonds. The van der Waals surface area contributed by atoms with Crippen LogP contribution < -0.4 is 5.32 Å². The minimum Gasteiger partial charge on any atom is -0.377 e. The van der Waals surface area contributed by atoms with E-state index in [2.05, 4.69) is 10.2 Å². The highest BCUT2D eigenvalue weighted by Gasteiger charge is 2.46. The SMILES string of the molecule is CO[Si](CC1NCC=CN1C[Si](OC)(OC)OC)(OC)OC. The van der Waals surface area contributed by atoms with Gasteiger partial charge in [-0.1, -0.05) is 6.08 Å². The third-order valence-electron chi connectivity index (χ3n) is 3.85. The second-order valence-corrected chi connectivity index (χ2v) is 10.7. The van der Waals surface area contributed by atoms with Crippen molar-refractivity contribution in [1.82, 2.24) is 10.2 Å². The third kappa shape index (κ3) is 4.60. The Hall–Kier alpha value is -0.306. The van der Waals surface area contributed by atoms with Gasteiger partial charge in [-0.15, -0.1) is 0 Å². The second kappa shape index (κ2) is 9.10.